The van der Waals surface area contributed by atoms with E-state index in [0.717, 1.165) is 23.6 Å². The van der Waals surface area contributed by atoms with Crippen molar-refractivity contribution >= 4 is 10.9 Å². The van der Waals surface area contributed by atoms with Gasteiger partial charge < -0.3 is 10.2 Å². The summed E-state index contributed by atoms with van der Waals surface area (Å²) < 4.78 is 7.36. The molecule has 3 rings (SSSR count). The Bertz CT molecular complexity index is 726. The van der Waals surface area contributed by atoms with E-state index in [2.05, 4.69) is 19.1 Å². The van der Waals surface area contributed by atoms with Crippen molar-refractivity contribution in [2.24, 2.45) is 5.73 Å². The van der Waals surface area contributed by atoms with E-state index in [1.165, 1.54) is 10.9 Å². The highest BCUT2D eigenvalue weighted by Gasteiger charge is 2.16. The van der Waals surface area contributed by atoms with E-state index in [1.807, 2.05) is 29.8 Å². The number of benzene rings is 1. The lowest BCUT2D eigenvalue weighted by molar-refractivity contribution is 0.523. The molecule has 2 heterocycles. The van der Waals surface area contributed by atoms with Gasteiger partial charge >= 0.3 is 0 Å². The lowest BCUT2D eigenvalue weighted by atomic mass is 10.0. The van der Waals surface area contributed by atoms with E-state index < -0.39 is 0 Å². The second-order valence-electron chi connectivity index (χ2n) is 5.02. The Hall–Kier alpha value is -2.07. The zero-order valence-corrected chi connectivity index (χ0v) is 11.8. The minimum absolute atomic E-state index is 0.0858. The number of hydrogen-bond acceptors (Lipinski definition) is 3. The molecule has 0 saturated carbocycles. The number of aromatic nitrogens is 2. The summed E-state index contributed by atoms with van der Waals surface area (Å²) in [5, 5.41) is 5.88. The summed E-state index contributed by atoms with van der Waals surface area (Å²) >= 11 is 0. The fraction of sp³-hybridized carbons (Fsp3) is 0.312. The summed E-state index contributed by atoms with van der Waals surface area (Å²) in [6.45, 7) is 4.90. The highest BCUT2D eigenvalue weighted by molar-refractivity contribution is 5.82. The maximum atomic E-state index is 6.30. The molecule has 4 nitrogen and oxygen atoms in total. The molecule has 0 fully saturated rings. The molecule has 1 atom stereocenters. The van der Waals surface area contributed by atoms with E-state index in [9.17, 15) is 0 Å². The number of aryl methyl sites for hydroxylation is 2. The van der Waals surface area contributed by atoms with Crippen molar-refractivity contribution in [1.82, 2.24) is 9.78 Å². The van der Waals surface area contributed by atoms with Crippen molar-refractivity contribution in [2.45, 2.75) is 32.9 Å². The summed E-state index contributed by atoms with van der Waals surface area (Å²) in [6.07, 6.45) is 2.40. The van der Waals surface area contributed by atoms with Gasteiger partial charge in [0.15, 0.2) is 0 Å². The molecule has 0 aliphatic heterocycles. The molecule has 3 aromatic rings. The van der Waals surface area contributed by atoms with Crippen molar-refractivity contribution in [3.8, 4) is 0 Å². The fourth-order valence-electron chi connectivity index (χ4n) is 2.69. The van der Waals surface area contributed by atoms with Crippen LogP contribution in [-0.4, -0.2) is 9.78 Å². The molecule has 0 spiro atoms. The highest BCUT2D eigenvalue weighted by atomic mass is 16.3. The lowest BCUT2D eigenvalue weighted by Crippen LogP contribution is -2.14. The molecular formula is C16H19N3O. The molecular weight excluding hydrogens is 250 g/mol. The largest absolute Gasteiger partial charge is 0.469 e. The van der Waals surface area contributed by atoms with E-state index in [0.29, 0.717) is 6.42 Å². The first-order chi connectivity index (χ1) is 9.70. The molecule has 20 heavy (non-hydrogen) atoms. The third kappa shape index (κ3) is 2.12. The zero-order valence-electron chi connectivity index (χ0n) is 11.8. The molecule has 0 radical (unpaired) electrons. The minimum Gasteiger partial charge on any atom is -0.469 e. The summed E-state index contributed by atoms with van der Waals surface area (Å²) in [6, 6.07) is 10.2. The van der Waals surface area contributed by atoms with Crippen molar-refractivity contribution in [3.05, 3.63) is 53.6 Å². The number of rotatable bonds is 4. The molecule has 4 heteroatoms. The molecule has 0 saturated heterocycles. The predicted octanol–water partition coefficient (Wildman–Crippen LogP) is 3.20. The maximum absolute atomic E-state index is 6.30. The topological polar surface area (TPSA) is 57.0 Å². The highest BCUT2D eigenvalue weighted by Crippen LogP contribution is 2.25. The first-order valence-corrected chi connectivity index (χ1v) is 6.94. The molecule has 0 aliphatic rings. The van der Waals surface area contributed by atoms with E-state index in [4.69, 9.17) is 15.2 Å². The SMILES string of the molecule is CCn1nc(CC(N)c2ccoc2C)c2ccccc21. The standard InChI is InChI=1S/C16H19N3O/c1-3-19-16-7-5-4-6-13(16)15(18-19)10-14(17)12-8-9-20-11(12)2/h4-9,14H,3,10,17H2,1-2H3. The summed E-state index contributed by atoms with van der Waals surface area (Å²) in [5.41, 5.74) is 9.58. The van der Waals surface area contributed by atoms with Crippen LogP contribution in [0.1, 0.15) is 30.0 Å². The number of nitrogens with two attached hydrogens (primary N) is 1. The minimum atomic E-state index is -0.0858. The average molecular weight is 269 g/mol. The Morgan fingerprint density at radius 3 is 2.80 bits per heavy atom. The molecule has 0 bridgehead atoms. The van der Waals surface area contributed by atoms with Gasteiger partial charge in [-0.1, -0.05) is 18.2 Å². The molecule has 0 amide bonds. The van der Waals surface area contributed by atoms with Gasteiger partial charge in [0.2, 0.25) is 0 Å². The van der Waals surface area contributed by atoms with E-state index >= 15 is 0 Å². The zero-order chi connectivity index (χ0) is 14.1. The van der Waals surface area contributed by atoms with Crippen LogP contribution >= 0.6 is 0 Å². The summed E-state index contributed by atoms with van der Waals surface area (Å²) in [7, 11) is 0. The monoisotopic (exact) mass is 269 g/mol. The summed E-state index contributed by atoms with van der Waals surface area (Å²) in [4.78, 5) is 0. The maximum Gasteiger partial charge on any atom is 0.105 e. The lowest BCUT2D eigenvalue weighted by Gasteiger charge is -2.09. The second kappa shape index (κ2) is 5.13. The van der Waals surface area contributed by atoms with Crippen molar-refractivity contribution in [1.29, 1.82) is 0 Å². The van der Waals surface area contributed by atoms with Gasteiger partial charge in [-0.15, -0.1) is 0 Å². The van der Waals surface area contributed by atoms with Crippen LogP contribution in [0.5, 0.6) is 0 Å². The van der Waals surface area contributed by atoms with Crippen LogP contribution in [0.25, 0.3) is 10.9 Å². The van der Waals surface area contributed by atoms with Gasteiger partial charge in [-0.05, 0) is 26.0 Å². The van der Waals surface area contributed by atoms with E-state index in [-0.39, 0.29) is 6.04 Å². The van der Waals surface area contributed by atoms with Crippen LogP contribution in [0.4, 0.5) is 0 Å². The van der Waals surface area contributed by atoms with Crippen molar-refractivity contribution < 1.29 is 4.42 Å². The Morgan fingerprint density at radius 1 is 1.30 bits per heavy atom. The van der Waals surface area contributed by atoms with Crippen molar-refractivity contribution in [3.63, 3.8) is 0 Å². The van der Waals surface area contributed by atoms with Crippen LogP contribution < -0.4 is 5.73 Å². The number of fused-ring (bicyclic) bond motifs is 1. The first kappa shape index (κ1) is 12.9. The van der Waals surface area contributed by atoms with Crippen LogP contribution in [0, 0.1) is 6.92 Å². The molecule has 1 unspecified atom stereocenters. The molecule has 2 aromatic heterocycles. The Kier molecular flexibility index (Phi) is 3.32. The quantitative estimate of drug-likeness (QED) is 0.791. The van der Waals surface area contributed by atoms with Gasteiger partial charge in [-0.25, -0.2) is 0 Å². The Morgan fingerprint density at radius 2 is 2.10 bits per heavy atom. The average Bonchev–Trinajstić information content (AvgIpc) is 3.03. The van der Waals surface area contributed by atoms with Gasteiger partial charge in [-0.3, -0.25) is 4.68 Å². The van der Waals surface area contributed by atoms with Gasteiger partial charge in [0, 0.05) is 30.0 Å². The third-order valence-corrected chi connectivity index (χ3v) is 3.75. The second-order valence-corrected chi connectivity index (χ2v) is 5.02. The molecule has 2 N–H and O–H groups in total. The van der Waals surface area contributed by atoms with Gasteiger partial charge in [-0.2, -0.15) is 5.10 Å². The first-order valence-electron chi connectivity index (χ1n) is 6.94. The number of furan rings is 1. The number of nitrogens with zero attached hydrogens (tertiary/aromatic N) is 2. The molecule has 1 aromatic carbocycles. The van der Waals surface area contributed by atoms with Gasteiger partial charge in [0.1, 0.15) is 5.76 Å². The Balaban J connectivity index is 1.97. The van der Waals surface area contributed by atoms with E-state index in [1.54, 1.807) is 6.26 Å². The number of para-hydroxylation sites is 1. The van der Waals surface area contributed by atoms with Crippen LogP contribution in [-0.2, 0) is 13.0 Å². The fourth-order valence-corrected chi connectivity index (χ4v) is 2.69. The summed E-state index contributed by atoms with van der Waals surface area (Å²) in [5.74, 6) is 0.886. The van der Waals surface area contributed by atoms with Crippen molar-refractivity contribution in [2.75, 3.05) is 0 Å². The molecule has 104 valence electrons. The van der Waals surface area contributed by atoms with Crippen LogP contribution in [0.15, 0.2) is 41.0 Å². The van der Waals surface area contributed by atoms with Crippen LogP contribution in [0.2, 0.25) is 0 Å². The normalized spacial score (nSPS) is 12.9. The third-order valence-electron chi connectivity index (χ3n) is 3.75. The Labute approximate surface area is 118 Å². The smallest absolute Gasteiger partial charge is 0.105 e. The number of hydrogen-bond donors (Lipinski definition) is 1. The molecule has 0 aliphatic carbocycles. The van der Waals surface area contributed by atoms with Crippen LogP contribution in [0.3, 0.4) is 0 Å². The van der Waals surface area contributed by atoms with Gasteiger partial charge in [0.25, 0.3) is 0 Å². The predicted molar refractivity (Wildman–Crippen MR) is 79.5 cm³/mol. The van der Waals surface area contributed by atoms with Gasteiger partial charge in [0.05, 0.1) is 17.5 Å².